The Balaban J connectivity index is 1.84. The smallest absolute Gasteiger partial charge is 0.290 e. The van der Waals surface area contributed by atoms with E-state index in [9.17, 15) is 14.7 Å². The molecule has 0 atom stereocenters. The Morgan fingerprint density at radius 3 is 2.20 bits per heavy atom. The van der Waals surface area contributed by atoms with Crippen LogP contribution in [0.25, 0.3) is 17.2 Å². The second kappa shape index (κ2) is 7.02. The zero-order valence-corrected chi connectivity index (χ0v) is 18.9. The molecule has 1 aliphatic heterocycles. The van der Waals surface area contributed by atoms with Crippen molar-refractivity contribution < 1.29 is 14.7 Å². The van der Waals surface area contributed by atoms with Crippen LogP contribution in [0.1, 0.15) is 62.8 Å². The summed E-state index contributed by atoms with van der Waals surface area (Å²) in [5, 5.41) is 12.6. The molecule has 0 spiro atoms. The third-order valence-electron chi connectivity index (χ3n) is 6.45. The Kier molecular flexibility index (Phi) is 4.85. The minimum Gasteiger partial charge on any atom is -0.507 e. The standard InChI is InChI=1S/C25H27NO3S/c1-14-10-18-19(25(4,5)9-8-24(18,2)3)13-16(14)17-11-15(6-7-20(17)27)12-21-22(28)26-23(29)30-21/h6-7,10-13,27H,8-9H2,1-5H3,(H,26,28,29)/b21-12+. The molecule has 2 aliphatic rings. The van der Waals surface area contributed by atoms with Crippen LogP contribution in [0.15, 0.2) is 35.2 Å². The van der Waals surface area contributed by atoms with Crippen molar-refractivity contribution >= 4 is 29.0 Å². The van der Waals surface area contributed by atoms with Gasteiger partial charge in [-0.1, -0.05) is 39.8 Å². The maximum atomic E-state index is 11.9. The van der Waals surface area contributed by atoms with E-state index in [1.54, 1.807) is 18.2 Å². The van der Waals surface area contributed by atoms with E-state index in [1.165, 1.54) is 11.1 Å². The van der Waals surface area contributed by atoms with Gasteiger partial charge >= 0.3 is 0 Å². The summed E-state index contributed by atoms with van der Waals surface area (Å²) in [5.41, 5.74) is 6.53. The monoisotopic (exact) mass is 421 g/mol. The van der Waals surface area contributed by atoms with Crippen LogP contribution in [-0.4, -0.2) is 16.3 Å². The number of carbonyl (C=O) groups excluding carboxylic acids is 2. The van der Waals surface area contributed by atoms with Gasteiger partial charge in [0, 0.05) is 5.56 Å². The van der Waals surface area contributed by atoms with Crippen LogP contribution in [0, 0.1) is 6.92 Å². The van der Waals surface area contributed by atoms with E-state index >= 15 is 0 Å². The third-order valence-corrected chi connectivity index (χ3v) is 7.26. The zero-order valence-electron chi connectivity index (χ0n) is 18.1. The number of aryl methyl sites for hydroxylation is 1. The lowest BCUT2D eigenvalue weighted by atomic mass is 9.62. The summed E-state index contributed by atoms with van der Waals surface area (Å²) in [6.07, 6.45) is 3.96. The van der Waals surface area contributed by atoms with Crippen molar-refractivity contribution in [3.05, 3.63) is 57.5 Å². The average molecular weight is 422 g/mol. The van der Waals surface area contributed by atoms with Crippen molar-refractivity contribution in [2.75, 3.05) is 0 Å². The summed E-state index contributed by atoms with van der Waals surface area (Å²) in [7, 11) is 0. The highest BCUT2D eigenvalue weighted by Crippen LogP contribution is 2.48. The van der Waals surface area contributed by atoms with Gasteiger partial charge in [0.15, 0.2) is 0 Å². The summed E-state index contributed by atoms with van der Waals surface area (Å²) in [5.74, 6) is -0.179. The zero-order chi connectivity index (χ0) is 21.8. The van der Waals surface area contributed by atoms with Crippen LogP contribution in [0.4, 0.5) is 4.79 Å². The van der Waals surface area contributed by atoms with E-state index in [4.69, 9.17) is 0 Å². The first-order valence-electron chi connectivity index (χ1n) is 10.2. The van der Waals surface area contributed by atoms with Crippen LogP contribution >= 0.6 is 11.8 Å². The Morgan fingerprint density at radius 2 is 1.60 bits per heavy atom. The molecule has 156 valence electrons. The SMILES string of the molecule is Cc1cc2c(cc1-c1cc(/C=C3/SC(=O)NC3=O)ccc1O)C(C)(C)CCC2(C)C. The van der Waals surface area contributed by atoms with Gasteiger partial charge in [-0.3, -0.25) is 14.9 Å². The summed E-state index contributed by atoms with van der Waals surface area (Å²) in [6, 6.07) is 9.79. The number of carbonyl (C=O) groups is 2. The van der Waals surface area contributed by atoms with Gasteiger partial charge in [-0.25, -0.2) is 0 Å². The van der Waals surface area contributed by atoms with Gasteiger partial charge in [-0.15, -0.1) is 0 Å². The maximum absolute atomic E-state index is 11.9. The van der Waals surface area contributed by atoms with Gasteiger partial charge < -0.3 is 5.11 Å². The molecule has 0 unspecified atom stereocenters. The fourth-order valence-electron chi connectivity index (χ4n) is 4.44. The van der Waals surface area contributed by atoms with Crippen LogP contribution in [0.3, 0.4) is 0 Å². The van der Waals surface area contributed by atoms with E-state index in [0.717, 1.165) is 46.9 Å². The first kappa shape index (κ1) is 20.7. The number of aromatic hydroxyl groups is 1. The molecular formula is C25H27NO3S. The first-order chi connectivity index (χ1) is 14.0. The largest absolute Gasteiger partial charge is 0.507 e. The van der Waals surface area contributed by atoms with E-state index in [1.807, 2.05) is 6.07 Å². The molecule has 1 fully saturated rings. The second-order valence-electron chi connectivity index (χ2n) is 9.61. The summed E-state index contributed by atoms with van der Waals surface area (Å²) < 4.78 is 0. The number of amides is 2. The van der Waals surface area contributed by atoms with Crippen molar-refractivity contribution in [1.29, 1.82) is 0 Å². The van der Waals surface area contributed by atoms with Crippen LogP contribution < -0.4 is 5.32 Å². The highest BCUT2D eigenvalue weighted by molar-refractivity contribution is 8.18. The normalized spacial score (nSPS) is 20.9. The Bertz CT molecular complexity index is 1110. The highest BCUT2D eigenvalue weighted by Gasteiger charge is 2.37. The van der Waals surface area contributed by atoms with Gasteiger partial charge in [0.2, 0.25) is 0 Å². The molecule has 30 heavy (non-hydrogen) atoms. The number of hydrogen-bond acceptors (Lipinski definition) is 4. The molecule has 4 nitrogen and oxygen atoms in total. The van der Waals surface area contributed by atoms with Gasteiger partial charge in [0.25, 0.3) is 11.1 Å². The molecule has 5 heteroatoms. The number of benzene rings is 2. The molecule has 1 aliphatic carbocycles. The molecule has 1 saturated heterocycles. The summed E-state index contributed by atoms with van der Waals surface area (Å²) in [4.78, 5) is 23.7. The third kappa shape index (κ3) is 3.56. The number of imide groups is 1. The molecule has 1 heterocycles. The topological polar surface area (TPSA) is 66.4 Å². The van der Waals surface area contributed by atoms with Crippen LogP contribution in [0.2, 0.25) is 0 Å². The van der Waals surface area contributed by atoms with Crippen LogP contribution in [-0.2, 0) is 15.6 Å². The van der Waals surface area contributed by atoms with Crippen molar-refractivity contribution in [3.8, 4) is 16.9 Å². The minimum atomic E-state index is -0.381. The molecule has 2 aromatic rings. The molecule has 4 rings (SSSR count). The van der Waals surface area contributed by atoms with Crippen molar-refractivity contribution in [2.45, 2.75) is 58.3 Å². The Morgan fingerprint density at radius 1 is 0.967 bits per heavy atom. The lowest BCUT2D eigenvalue weighted by molar-refractivity contribution is -0.115. The van der Waals surface area contributed by atoms with Crippen molar-refractivity contribution in [3.63, 3.8) is 0 Å². The molecule has 2 aromatic carbocycles. The Labute approximate surface area is 181 Å². The van der Waals surface area contributed by atoms with Crippen molar-refractivity contribution in [2.24, 2.45) is 0 Å². The van der Waals surface area contributed by atoms with Gasteiger partial charge in [-0.05, 0) is 94.4 Å². The second-order valence-corrected chi connectivity index (χ2v) is 10.6. The van der Waals surface area contributed by atoms with E-state index in [2.05, 4.69) is 52.1 Å². The summed E-state index contributed by atoms with van der Waals surface area (Å²) >= 11 is 0.895. The predicted molar refractivity (Wildman–Crippen MR) is 123 cm³/mol. The molecule has 2 amide bonds. The van der Waals surface area contributed by atoms with Gasteiger partial charge in [0.05, 0.1) is 4.91 Å². The molecule has 0 saturated carbocycles. The van der Waals surface area contributed by atoms with E-state index in [-0.39, 0.29) is 27.7 Å². The number of fused-ring (bicyclic) bond motifs is 1. The highest BCUT2D eigenvalue weighted by atomic mass is 32.2. The lowest BCUT2D eigenvalue weighted by Crippen LogP contribution is -2.34. The van der Waals surface area contributed by atoms with Gasteiger partial charge in [0.1, 0.15) is 5.75 Å². The summed E-state index contributed by atoms with van der Waals surface area (Å²) in [6.45, 7) is 11.3. The number of phenolic OH excluding ortho intramolecular Hbond substituents is 1. The van der Waals surface area contributed by atoms with Crippen LogP contribution in [0.5, 0.6) is 5.75 Å². The predicted octanol–water partition coefficient (Wildman–Crippen LogP) is 6.04. The number of phenols is 1. The number of thioether (sulfide) groups is 1. The molecule has 0 radical (unpaired) electrons. The quantitative estimate of drug-likeness (QED) is 0.580. The van der Waals surface area contributed by atoms with Gasteiger partial charge in [-0.2, -0.15) is 0 Å². The molecule has 0 aromatic heterocycles. The lowest BCUT2D eigenvalue weighted by Gasteiger charge is -2.42. The molecular weight excluding hydrogens is 394 g/mol. The fourth-order valence-corrected chi connectivity index (χ4v) is 5.13. The fraction of sp³-hybridized carbons (Fsp3) is 0.360. The minimum absolute atomic E-state index is 0.0709. The number of nitrogens with one attached hydrogen (secondary N) is 1. The van der Waals surface area contributed by atoms with E-state index in [0.29, 0.717) is 4.91 Å². The Hall–Kier alpha value is -2.53. The molecule has 2 N–H and O–H groups in total. The maximum Gasteiger partial charge on any atom is 0.290 e. The van der Waals surface area contributed by atoms with Crippen molar-refractivity contribution in [1.82, 2.24) is 5.32 Å². The number of rotatable bonds is 2. The molecule has 0 bridgehead atoms. The number of hydrogen-bond donors (Lipinski definition) is 2. The first-order valence-corrected chi connectivity index (χ1v) is 11.0. The average Bonchev–Trinajstić information content (AvgIpc) is 2.97. The van der Waals surface area contributed by atoms with E-state index < -0.39 is 0 Å².